The summed E-state index contributed by atoms with van der Waals surface area (Å²) in [5.74, 6) is -0.504. The lowest BCUT2D eigenvalue weighted by molar-refractivity contribution is 0.0293. The van der Waals surface area contributed by atoms with E-state index in [2.05, 4.69) is 16.4 Å². The SMILES string of the molecule is N#Cc1ccc(-c2cccc(C[C@H]3CNCCO3)c2-c2cncs2)cc1F. The summed E-state index contributed by atoms with van der Waals surface area (Å²) in [5, 5.41) is 12.4. The molecule has 6 heteroatoms. The number of ether oxygens (including phenoxy) is 1. The molecule has 1 fully saturated rings. The summed E-state index contributed by atoms with van der Waals surface area (Å²) in [6.07, 6.45) is 2.72. The topological polar surface area (TPSA) is 57.9 Å². The van der Waals surface area contributed by atoms with Gasteiger partial charge in [0.2, 0.25) is 0 Å². The minimum absolute atomic E-state index is 0.0518. The van der Waals surface area contributed by atoms with Crippen molar-refractivity contribution in [2.45, 2.75) is 12.5 Å². The van der Waals surface area contributed by atoms with E-state index in [0.717, 1.165) is 46.6 Å². The Morgan fingerprint density at radius 1 is 1.33 bits per heavy atom. The molecule has 1 aromatic heterocycles. The number of halogens is 1. The molecule has 2 heterocycles. The van der Waals surface area contributed by atoms with Crippen molar-refractivity contribution in [3.8, 4) is 27.6 Å². The van der Waals surface area contributed by atoms with Crippen LogP contribution >= 0.6 is 11.3 Å². The Morgan fingerprint density at radius 2 is 2.26 bits per heavy atom. The zero-order valence-corrected chi connectivity index (χ0v) is 15.4. The summed E-state index contributed by atoms with van der Waals surface area (Å²) in [7, 11) is 0. The maximum atomic E-state index is 14.2. The maximum absolute atomic E-state index is 14.2. The number of hydrogen-bond acceptors (Lipinski definition) is 5. The first-order valence-electron chi connectivity index (χ1n) is 8.79. The van der Waals surface area contributed by atoms with Crippen molar-refractivity contribution in [3.05, 3.63) is 65.0 Å². The summed E-state index contributed by atoms with van der Waals surface area (Å²) < 4.78 is 20.1. The minimum Gasteiger partial charge on any atom is -0.375 e. The van der Waals surface area contributed by atoms with Crippen molar-refractivity contribution in [1.82, 2.24) is 10.3 Å². The second-order valence-corrected chi connectivity index (χ2v) is 7.30. The van der Waals surface area contributed by atoms with E-state index in [9.17, 15) is 4.39 Å². The van der Waals surface area contributed by atoms with E-state index >= 15 is 0 Å². The number of nitrogens with one attached hydrogen (secondary N) is 1. The summed E-state index contributed by atoms with van der Waals surface area (Å²) in [4.78, 5) is 5.26. The first-order chi connectivity index (χ1) is 13.3. The van der Waals surface area contributed by atoms with E-state index in [1.54, 1.807) is 22.9 Å². The van der Waals surface area contributed by atoms with Crippen LogP contribution in [0.15, 0.2) is 48.1 Å². The minimum atomic E-state index is -0.504. The predicted octanol–water partition coefficient (Wildman–Crippen LogP) is 4.02. The van der Waals surface area contributed by atoms with Crippen LogP contribution in [-0.2, 0) is 11.2 Å². The quantitative estimate of drug-likeness (QED) is 0.744. The molecule has 1 aliphatic heterocycles. The lowest BCUT2D eigenvalue weighted by Gasteiger charge is -2.25. The van der Waals surface area contributed by atoms with Crippen LogP contribution in [-0.4, -0.2) is 30.8 Å². The highest BCUT2D eigenvalue weighted by Crippen LogP contribution is 2.38. The molecule has 0 radical (unpaired) electrons. The average molecular weight is 379 g/mol. The average Bonchev–Trinajstić information content (AvgIpc) is 3.23. The van der Waals surface area contributed by atoms with Crippen LogP contribution in [0.2, 0.25) is 0 Å². The Hall–Kier alpha value is -2.59. The van der Waals surface area contributed by atoms with Crippen molar-refractivity contribution < 1.29 is 9.13 Å². The van der Waals surface area contributed by atoms with E-state index in [-0.39, 0.29) is 11.7 Å². The largest absolute Gasteiger partial charge is 0.375 e. The highest BCUT2D eigenvalue weighted by Gasteiger charge is 2.20. The number of aromatic nitrogens is 1. The first-order valence-corrected chi connectivity index (χ1v) is 9.67. The molecule has 0 saturated carbocycles. The molecule has 27 heavy (non-hydrogen) atoms. The van der Waals surface area contributed by atoms with Gasteiger partial charge in [0.15, 0.2) is 0 Å². The van der Waals surface area contributed by atoms with E-state index in [0.29, 0.717) is 6.61 Å². The number of hydrogen-bond donors (Lipinski definition) is 1. The smallest absolute Gasteiger partial charge is 0.141 e. The summed E-state index contributed by atoms with van der Waals surface area (Å²) >= 11 is 1.56. The molecule has 3 aromatic rings. The zero-order valence-electron chi connectivity index (χ0n) is 14.6. The van der Waals surface area contributed by atoms with Gasteiger partial charge >= 0.3 is 0 Å². The molecule has 0 amide bonds. The Labute approximate surface area is 161 Å². The number of rotatable bonds is 4. The highest BCUT2D eigenvalue weighted by atomic mass is 32.1. The molecule has 1 N–H and O–H groups in total. The fourth-order valence-electron chi connectivity index (χ4n) is 3.41. The second kappa shape index (κ2) is 7.97. The normalized spacial score (nSPS) is 16.8. The number of nitrogens with zero attached hydrogens (tertiary/aromatic N) is 2. The van der Waals surface area contributed by atoms with Gasteiger partial charge in [-0.05, 0) is 28.8 Å². The van der Waals surface area contributed by atoms with Crippen LogP contribution in [0.25, 0.3) is 21.6 Å². The van der Waals surface area contributed by atoms with Gasteiger partial charge in [0.05, 0.1) is 28.7 Å². The monoisotopic (exact) mass is 379 g/mol. The fraction of sp³-hybridized carbons (Fsp3) is 0.238. The Bertz CT molecular complexity index is 976. The van der Waals surface area contributed by atoms with Crippen molar-refractivity contribution in [1.29, 1.82) is 5.26 Å². The Balaban J connectivity index is 1.80. The van der Waals surface area contributed by atoms with Gasteiger partial charge in [-0.15, -0.1) is 11.3 Å². The number of thiazole rings is 1. The van der Waals surface area contributed by atoms with E-state index in [1.165, 1.54) is 12.1 Å². The van der Waals surface area contributed by atoms with Crippen LogP contribution in [0.1, 0.15) is 11.1 Å². The lowest BCUT2D eigenvalue weighted by Crippen LogP contribution is -2.39. The van der Waals surface area contributed by atoms with E-state index in [4.69, 9.17) is 10.00 Å². The molecule has 0 bridgehead atoms. The predicted molar refractivity (Wildman–Crippen MR) is 104 cm³/mol. The van der Waals surface area contributed by atoms with Crippen LogP contribution in [0, 0.1) is 17.1 Å². The fourth-order valence-corrected chi connectivity index (χ4v) is 4.13. The molecular weight excluding hydrogens is 361 g/mol. The van der Waals surface area contributed by atoms with Crippen LogP contribution in [0.5, 0.6) is 0 Å². The molecule has 136 valence electrons. The van der Waals surface area contributed by atoms with Gasteiger partial charge < -0.3 is 10.1 Å². The van der Waals surface area contributed by atoms with Crippen molar-refractivity contribution >= 4 is 11.3 Å². The molecule has 0 aliphatic carbocycles. The van der Waals surface area contributed by atoms with Crippen LogP contribution in [0.3, 0.4) is 0 Å². The van der Waals surface area contributed by atoms with Gasteiger partial charge in [-0.2, -0.15) is 5.26 Å². The standard InChI is InChI=1S/C21H18FN3OS/c22-19-9-14(4-5-16(19)10-23)18-3-1-2-15(8-17-11-24-6-7-26-17)21(18)20-12-25-13-27-20/h1-5,9,12-13,17,24H,6-8,11H2/t17-/m0/s1. The third-order valence-electron chi connectivity index (χ3n) is 4.68. The maximum Gasteiger partial charge on any atom is 0.141 e. The molecule has 2 aromatic carbocycles. The molecule has 1 aliphatic rings. The number of morpholine rings is 1. The van der Waals surface area contributed by atoms with E-state index in [1.807, 2.05) is 24.4 Å². The molecule has 0 unspecified atom stereocenters. The Kier molecular flexibility index (Phi) is 5.26. The van der Waals surface area contributed by atoms with Crippen LogP contribution < -0.4 is 5.32 Å². The molecule has 1 saturated heterocycles. The van der Waals surface area contributed by atoms with Crippen molar-refractivity contribution in [3.63, 3.8) is 0 Å². The molecule has 4 rings (SSSR count). The summed E-state index contributed by atoms with van der Waals surface area (Å²) in [5.41, 5.74) is 5.74. The van der Waals surface area contributed by atoms with Gasteiger partial charge in [-0.1, -0.05) is 24.3 Å². The van der Waals surface area contributed by atoms with Gasteiger partial charge in [-0.25, -0.2) is 4.39 Å². The second-order valence-electron chi connectivity index (χ2n) is 6.41. The van der Waals surface area contributed by atoms with Gasteiger partial charge in [-0.3, -0.25) is 4.98 Å². The molecule has 0 spiro atoms. The number of nitriles is 1. The van der Waals surface area contributed by atoms with Gasteiger partial charge in [0.25, 0.3) is 0 Å². The third kappa shape index (κ3) is 3.76. The summed E-state index contributed by atoms with van der Waals surface area (Å²) in [6.45, 7) is 2.40. The van der Waals surface area contributed by atoms with Gasteiger partial charge in [0, 0.05) is 31.3 Å². The third-order valence-corrected chi connectivity index (χ3v) is 5.47. The summed E-state index contributed by atoms with van der Waals surface area (Å²) in [6, 6.07) is 12.7. The molecule has 4 nitrogen and oxygen atoms in total. The number of benzene rings is 2. The zero-order chi connectivity index (χ0) is 18.6. The molecule has 1 atom stereocenters. The first kappa shape index (κ1) is 17.8. The van der Waals surface area contributed by atoms with Crippen molar-refractivity contribution in [2.24, 2.45) is 0 Å². The van der Waals surface area contributed by atoms with E-state index < -0.39 is 5.82 Å². The Morgan fingerprint density at radius 3 is 2.96 bits per heavy atom. The highest BCUT2D eigenvalue weighted by molar-refractivity contribution is 7.13. The molecular formula is C21H18FN3OS. The van der Waals surface area contributed by atoms with Crippen LogP contribution in [0.4, 0.5) is 4.39 Å². The van der Waals surface area contributed by atoms with Crippen molar-refractivity contribution in [2.75, 3.05) is 19.7 Å². The van der Waals surface area contributed by atoms with Gasteiger partial charge in [0.1, 0.15) is 11.9 Å². The lowest BCUT2D eigenvalue weighted by atomic mass is 9.91.